The second-order valence-corrected chi connectivity index (χ2v) is 6.79. The molecule has 3 rings (SSSR count). The molecule has 2 nitrogen and oxygen atoms in total. The Bertz CT molecular complexity index is 260. The van der Waals surface area contributed by atoms with Crippen molar-refractivity contribution in [1.29, 1.82) is 0 Å². The Morgan fingerprint density at radius 3 is 2.61 bits per heavy atom. The van der Waals surface area contributed by atoms with Gasteiger partial charge >= 0.3 is 0 Å². The molecular formula is C16H30N2. The van der Waals surface area contributed by atoms with E-state index in [-0.39, 0.29) is 0 Å². The van der Waals surface area contributed by atoms with E-state index in [4.69, 9.17) is 0 Å². The van der Waals surface area contributed by atoms with Gasteiger partial charge in [-0.15, -0.1) is 0 Å². The molecule has 2 heteroatoms. The van der Waals surface area contributed by atoms with Crippen molar-refractivity contribution in [3.05, 3.63) is 0 Å². The molecule has 2 atom stereocenters. The second kappa shape index (κ2) is 5.92. The summed E-state index contributed by atoms with van der Waals surface area (Å²) in [5.74, 6) is 1.06. The monoisotopic (exact) mass is 250 g/mol. The van der Waals surface area contributed by atoms with Gasteiger partial charge in [0, 0.05) is 25.2 Å². The van der Waals surface area contributed by atoms with Crippen molar-refractivity contribution in [2.75, 3.05) is 26.2 Å². The van der Waals surface area contributed by atoms with Crippen LogP contribution in [0.5, 0.6) is 0 Å². The minimum atomic E-state index is 0.848. The van der Waals surface area contributed by atoms with Crippen LogP contribution in [0.25, 0.3) is 0 Å². The molecule has 2 heterocycles. The van der Waals surface area contributed by atoms with Crippen molar-refractivity contribution < 1.29 is 0 Å². The first kappa shape index (κ1) is 12.9. The van der Waals surface area contributed by atoms with E-state index in [2.05, 4.69) is 16.7 Å². The molecule has 0 aromatic carbocycles. The van der Waals surface area contributed by atoms with Crippen molar-refractivity contribution in [1.82, 2.24) is 9.80 Å². The first-order valence-corrected chi connectivity index (χ1v) is 8.35. The Balaban J connectivity index is 1.52. The van der Waals surface area contributed by atoms with E-state index in [0.717, 1.165) is 18.0 Å². The zero-order chi connectivity index (χ0) is 12.4. The number of hydrogen-bond donors (Lipinski definition) is 0. The summed E-state index contributed by atoms with van der Waals surface area (Å²) < 4.78 is 0. The quantitative estimate of drug-likeness (QED) is 0.756. The van der Waals surface area contributed by atoms with Gasteiger partial charge in [0.1, 0.15) is 0 Å². The average molecular weight is 250 g/mol. The van der Waals surface area contributed by atoms with Gasteiger partial charge in [0.15, 0.2) is 0 Å². The van der Waals surface area contributed by atoms with E-state index in [9.17, 15) is 0 Å². The van der Waals surface area contributed by atoms with Crippen molar-refractivity contribution in [3.63, 3.8) is 0 Å². The average Bonchev–Trinajstić information content (AvgIpc) is 3.05. The predicted molar refractivity (Wildman–Crippen MR) is 76.8 cm³/mol. The highest BCUT2D eigenvalue weighted by atomic mass is 15.3. The molecule has 2 unspecified atom stereocenters. The van der Waals surface area contributed by atoms with Gasteiger partial charge in [0.25, 0.3) is 0 Å². The van der Waals surface area contributed by atoms with E-state index in [1.165, 1.54) is 77.5 Å². The highest BCUT2D eigenvalue weighted by Gasteiger charge is 2.35. The SMILES string of the molecule is CCC1CN2CCCC2CN1CCC1CCCC1. The Kier molecular flexibility index (Phi) is 4.25. The Hall–Kier alpha value is -0.0800. The maximum absolute atomic E-state index is 2.84. The van der Waals surface area contributed by atoms with Crippen molar-refractivity contribution in [2.24, 2.45) is 5.92 Å². The number of piperazine rings is 1. The van der Waals surface area contributed by atoms with Crippen LogP contribution in [0.15, 0.2) is 0 Å². The minimum Gasteiger partial charge on any atom is -0.298 e. The van der Waals surface area contributed by atoms with Crippen LogP contribution < -0.4 is 0 Å². The van der Waals surface area contributed by atoms with Crippen molar-refractivity contribution in [3.8, 4) is 0 Å². The van der Waals surface area contributed by atoms with Crippen LogP contribution in [-0.2, 0) is 0 Å². The molecule has 0 spiro atoms. The summed E-state index contributed by atoms with van der Waals surface area (Å²) in [4.78, 5) is 5.60. The van der Waals surface area contributed by atoms with E-state index in [1.807, 2.05) is 0 Å². The Morgan fingerprint density at radius 2 is 1.83 bits per heavy atom. The lowest BCUT2D eigenvalue weighted by atomic mass is 10.0. The van der Waals surface area contributed by atoms with E-state index >= 15 is 0 Å². The fourth-order valence-electron chi connectivity index (χ4n) is 4.46. The van der Waals surface area contributed by atoms with Gasteiger partial charge in [-0.05, 0) is 44.7 Å². The van der Waals surface area contributed by atoms with Crippen LogP contribution in [0.3, 0.4) is 0 Å². The smallest absolute Gasteiger partial charge is 0.0224 e. The Morgan fingerprint density at radius 1 is 1.00 bits per heavy atom. The highest BCUT2D eigenvalue weighted by Crippen LogP contribution is 2.30. The molecule has 1 aliphatic carbocycles. The fourth-order valence-corrected chi connectivity index (χ4v) is 4.46. The molecule has 0 bridgehead atoms. The number of nitrogens with zero attached hydrogens (tertiary/aromatic N) is 2. The Labute approximate surface area is 113 Å². The standard InChI is InChI=1S/C16H30N2/c1-2-15-12-17-10-5-8-16(17)13-18(15)11-9-14-6-3-4-7-14/h14-16H,2-13H2,1H3. The fraction of sp³-hybridized carbons (Fsp3) is 1.00. The topological polar surface area (TPSA) is 6.48 Å². The molecule has 1 saturated carbocycles. The summed E-state index contributed by atoms with van der Waals surface area (Å²) in [6.07, 6.45) is 11.7. The summed E-state index contributed by atoms with van der Waals surface area (Å²) in [7, 11) is 0. The molecule has 0 N–H and O–H groups in total. The lowest BCUT2D eigenvalue weighted by Gasteiger charge is -2.44. The number of rotatable bonds is 4. The second-order valence-electron chi connectivity index (χ2n) is 6.79. The van der Waals surface area contributed by atoms with Gasteiger partial charge in [-0.1, -0.05) is 32.6 Å². The first-order chi connectivity index (χ1) is 8.86. The van der Waals surface area contributed by atoms with Crippen LogP contribution in [0, 0.1) is 5.92 Å². The predicted octanol–water partition coefficient (Wildman–Crippen LogP) is 3.13. The molecule has 0 radical (unpaired) electrons. The van der Waals surface area contributed by atoms with Gasteiger partial charge in [-0.25, -0.2) is 0 Å². The van der Waals surface area contributed by atoms with Crippen molar-refractivity contribution in [2.45, 2.75) is 70.4 Å². The van der Waals surface area contributed by atoms with Gasteiger partial charge in [-0.3, -0.25) is 9.80 Å². The van der Waals surface area contributed by atoms with E-state index in [0.29, 0.717) is 0 Å². The van der Waals surface area contributed by atoms with Crippen molar-refractivity contribution >= 4 is 0 Å². The molecule has 0 aromatic heterocycles. The van der Waals surface area contributed by atoms with Crippen LogP contribution in [0.1, 0.15) is 58.3 Å². The minimum absolute atomic E-state index is 0.848. The zero-order valence-electron chi connectivity index (χ0n) is 12.1. The van der Waals surface area contributed by atoms with Crippen LogP contribution >= 0.6 is 0 Å². The summed E-state index contributed by atoms with van der Waals surface area (Å²) in [5.41, 5.74) is 0. The highest BCUT2D eigenvalue weighted by molar-refractivity contribution is 4.91. The lowest BCUT2D eigenvalue weighted by molar-refractivity contribution is 0.0455. The largest absolute Gasteiger partial charge is 0.298 e. The van der Waals surface area contributed by atoms with Gasteiger partial charge < -0.3 is 0 Å². The maximum atomic E-state index is 2.84. The molecular weight excluding hydrogens is 220 g/mol. The summed E-state index contributed by atoms with van der Waals surface area (Å²) in [5, 5.41) is 0. The number of fused-ring (bicyclic) bond motifs is 1. The molecule has 18 heavy (non-hydrogen) atoms. The van der Waals surface area contributed by atoms with Gasteiger partial charge in [0.2, 0.25) is 0 Å². The molecule has 2 aliphatic heterocycles. The molecule has 104 valence electrons. The third-order valence-corrected chi connectivity index (χ3v) is 5.68. The number of hydrogen-bond acceptors (Lipinski definition) is 2. The summed E-state index contributed by atoms with van der Waals surface area (Å²) >= 11 is 0. The molecule has 3 aliphatic rings. The third-order valence-electron chi connectivity index (χ3n) is 5.68. The van der Waals surface area contributed by atoms with Crippen LogP contribution in [0.2, 0.25) is 0 Å². The summed E-state index contributed by atoms with van der Waals surface area (Å²) in [6.45, 7) is 7.85. The molecule has 2 saturated heterocycles. The molecule has 0 amide bonds. The molecule has 0 aromatic rings. The first-order valence-electron chi connectivity index (χ1n) is 8.35. The lowest BCUT2D eigenvalue weighted by Crippen LogP contribution is -2.56. The van der Waals surface area contributed by atoms with E-state index < -0.39 is 0 Å². The van der Waals surface area contributed by atoms with Crippen LogP contribution in [0.4, 0.5) is 0 Å². The summed E-state index contributed by atoms with van der Waals surface area (Å²) in [6, 6.07) is 1.75. The maximum Gasteiger partial charge on any atom is 0.0224 e. The third kappa shape index (κ3) is 2.75. The van der Waals surface area contributed by atoms with Gasteiger partial charge in [-0.2, -0.15) is 0 Å². The zero-order valence-corrected chi connectivity index (χ0v) is 12.1. The van der Waals surface area contributed by atoms with E-state index in [1.54, 1.807) is 0 Å². The van der Waals surface area contributed by atoms with Gasteiger partial charge in [0.05, 0.1) is 0 Å². The molecule has 3 fully saturated rings. The normalized spacial score (nSPS) is 35.2. The van der Waals surface area contributed by atoms with Crippen LogP contribution in [-0.4, -0.2) is 48.1 Å².